The molecule has 1 aromatic rings. The Morgan fingerprint density at radius 2 is 2.24 bits per heavy atom. The molecule has 1 N–H and O–H groups in total. The van der Waals surface area contributed by atoms with Gasteiger partial charge in [-0.1, -0.05) is 12.8 Å². The first-order valence-corrected chi connectivity index (χ1v) is 7.83. The van der Waals surface area contributed by atoms with Crippen LogP contribution in [0.15, 0.2) is 15.9 Å². The molecule has 0 bridgehead atoms. The lowest BCUT2D eigenvalue weighted by atomic mass is 9.89. The van der Waals surface area contributed by atoms with E-state index < -0.39 is 0 Å². The normalized spacial score (nSPS) is 20.6. The van der Waals surface area contributed by atoms with E-state index in [1.54, 1.807) is 0 Å². The van der Waals surface area contributed by atoms with Crippen molar-refractivity contribution in [2.24, 2.45) is 0 Å². The quantitative estimate of drug-likeness (QED) is 0.896. The van der Waals surface area contributed by atoms with E-state index in [2.05, 4.69) is 32.7 Å². The lowest BCUT2D eigenvalue weighted by Crippen LogP contribution is -2.50. The second kappa shape index (κ2) is 5.83. The van der Waals surface area contributed by atoms with Crippen molar-refractivity contribution < 1.29 is 4.74 Å². The molecule has 96 valence electrons. The van der Waals surface area contributed by atoms with Crippen LogP contribution in [0.1, 0.15) is 30.6 Å². The maximum atomic E-state index is 5.87. The third kappa shape index (κ3) is 2.75. The third-order valence-corrected chi connectivity index (χ3v) is 5.87. The van der Waals surface area contributed by atoms with Gasteiger partial charge in [0.15, 0.2) is 0 Å². The molecule has 17 heavy (non-hydrogen) atoms. The fourth-order valence-corrected chi connectivity index (χ4v) is 4.44. The van der Waals surface area contributed by atoms with Crippen LogP contribution in [0.2, 0.25) is 0 Å². The minimum Gasteiger partial charge on any atom is -0.377 e. The van der Waals surface area contributed by atoms with Gasteiger partial charge in [0.25, 0.3) is 0 Å². The Morgan fingerprint density at radius 3 is 2.71 bits per heavy atom. The molecule has 1 saturated carbocycles. The molecule has 0 saturated heterocycles. The van der Waals surface area contributed by atoms with Gasteiger partial charge >= 0.3 is 0 Å². The van der Waals surface area contributed by atoms with Crippen LogP contribution < -0.4 is 5.32 Å². The van der Waals surface area contributed by atoms with E-state index in [4.69, 9.17) is 4.74 Å². The standard InChI is InChI=1S/C13H20BrNOS/c1-15-12(9-11-10(14)5-8-17-11)13(16-2)6-3-4-7-13/h5,8,12,15H,3-4,6-7,9H2,1-2H3. The van der Waals surface area contributed by atoms with E-state index in [-0.39, 0.29) is 5.60 Å². The van der Waals surface area contributed by atoms with E-state index >= 15 is 0 Å². The van der Waals surface area contributed by atoms with Crippen molar-refractivity contribution in [2.75, 3.05) is 14.2 Å². The van der Waals surface area contributed by atoms with Gasteiger partial charge in [0.1, 0.15) is 0 Å². The van der Waals surface area contributed by atoms with E-state index in [1.165, 1.54) is 35.0 Å². The predicted octanol–water partition coefficient (Wildman–Crippen LogP) is 3.60. The molecule has 0 aromatic carbocycles. The zero-order chi connectivity index (χ0) is 12.3. The van der Waals surface area contributed by atoms with Crippen LogP contribution in [0.3, 0.4) is 0 Å². The summed E-state index contributed by atoms with van der Waals surface area (Å²) in [5.74, 6) is 0. The second-order valence-electron chi connectivity index (χ2n) is 4.71. The highest BCUT2D eigenvalue weighted by Crippen LogP contribution is 2.38. The average Bonchev–Trinajstić information content (AvgIpc) is 2.96. The zero-order valence-corrected chi connectivity index (χ0v) is 12.9. The van der Waals surface area contributed by atoms with Gasteiger partial charge in [0.05, 0.1) is 5.60 Å². The molecule has 0 spiro atoms. The summed E-state index contributed by atoms with van der Waals surface area (Å²) in [6, 6.07) is 2.53. The Labute approximate surface area is 116 Å². The van der Waals surface area contributed by atoms with Crippen molar-refractivity contribution in [3.8, 4) is 0 Å². The third-order valence-electron chi connectivity index (χ3n) is 3.92. The van der Waals surface area contributed by atoms with Crippen LogP contribution in [0.4, 0.5) is 0 Å². The Bertz CT molecular complexity index is 360. The predicted molar refractivity (Wildman–Crippen MR) is 76.8 cm³/mol. The number of halogens is 1. The van der Waals surface area contributed by atoms with Crippen molar-refractivity contribution in [2.45, 2.75) is 43.7 Å². The molecule has 2 nitrogen and oxygen atoms in total. The summed E-state index contributed by atoms with van der Waals surface area (Å²) in [6.07, 6.45) is 5.98. The number of methoxy groups -OCH3 is 1. The largest absolute Gasteiger partial charge is 0.377 e. The summed E-state index contributed by atoms with van der Waals surface area (Å²) < 4.78 is 7.10. The van der Waals surface area contributed by atoms with Crippen LogP contribution in [0.5, 0.6) is 0 Å². The van der Waals surface area contributed by atoms with Gasteiger partial charge in [-0.15, -0.1) is 11.3 Å². The van der Waals surface area contributed by atoms with Crippen molar-refractivity contribution in [1.29, 1.82) is 0 Å². The molecule has 0 aliphatic heterocycles. The van der Waals surface area contributed by atoms with Crippen LogP contribution >= 0.6 is 27.3 Å². The maximum Gasteiger partial charge on any atom is 0.0834 e. The first-order valence-electron chi connectivity index (χ1n) is 6.16. The van der Waals surface area contributed by atoms with Crippen LogP contribution in [0.25, 0.3) is 0 Å². The molecular weight excluding hydrogens is 298 g/mol. The van der Waals surface area contributed by atoms with E-state index in [1.807, 2.05) is 25.5 Å². The van der Waals surface area contributed by atoms with Crippen molar-refractivity contribution in [3.05, 3.63) is 20.8 Å². The van der Waals surface area contributed by atoms with Gasteiger partial charge < -0.3 is 10.1 Å². The summed E-state index contributed by atoms with van der Waals surface area (Å²) in [5, 5.41) is 5.60. The van der Waals surface area contributed by atoms with E-state index in [0.717, 1.165) is 6.42 Å². The summed E-state index contributed by atoms with van der Waals surface area (Å²) in [7, 11) is 3.91. The van der Waals surface area contributed by atoms with Crippen LogP contribution in [-0.2, 0) is 11.2 Å². The molecule has 4 heteroatoms. The van der Waals surface area contributed by atoms with Gasteiger partial charge in [-0.3, -0.25) is 0 Å². The summed E-state index contributed by atoms with van der Waals surface area (Å²) in [5.41, 5.74) is 0.0399. The number of hydrogen-bond donors (Lipinski definition) is 1. The highest BCUT2D eigenvalue weighted by molar-refractivity contribution is 9.10. The zero-order valence-electron chi connectivity index (χ0n) is 10.5. The molecule has 0 radical (unpaired) electrons. The number of hydrogen-bond acceptors (Lipinski definition) is 3. The SMILES string of the molecule is CNC(Cc1sccc1Br)C1(OC)CCCC1. The molecule has 1 aliphatic rings. The first-order chi connectivity index (χ1) is 8.22. The average molecular weight is 318 g/mol. The lowest BCUT2D eigenvalue weighted by molar-refractivity contribution is -0.0334. The Hall–Kier alpha value is 0.1000. The van der Waals surface area contributed by atoms with Gasteiger partial charge in [0, 0.05) is 28.9 Å². The van der Waals surface area contributed by atoms with Crippen molar-refractivity contribution >= 4 is 27.3 Å². The number of rotatable bonds is 5. The van der Waals surface area contributed by atoms with Gasteiger partial charge in [-0.25, -0.2) is 0 Å². The monoisotopic (exact) mass is 317 g/mol. The highest BCUT2D eigenvalue weighted by Gasteiger charge is 2.41. The van der Waals surface area contributed by atoms with Gasteiger partial charge in [-0.05, 0) is 47.3 Å². The summed E-state index contributed by atoms with van der Waals surface area (Å²) in [4.78, 5) is 1.41. The highest BCUT2D eigenvalue weighted by atomic mass is 79.9. The fraction of sp³-hybridized carbons (Fsp3) is 0.692. The molecule has 2 rings (SSSR count). The summed E-state index contributed by atoms with van der Waals surface area (Å²) >= 11 is 5.43. The van der Waals surface area contributed by atoms with Crippen LogP contribution in [0, 0.1) is 0 Å². The van der Waals surface area contributed by atoms with Crippen molar-refractivity contribution in [3.63, 3.8) is 0 Å². The molecule has 0 amide bonds. The number of nitrogens with one attached hydrogen (secondary N) is 1. The summed E-state index contributed by atoms with van der Waals surface area (Å²) in [6.45, 7) is 0. The molecule has 1 aromatic heterocycles. The Balaban J connectivity index is 2.13. The number of ether oxygens (including phenoxy) is 1. The molecule has 1 unspecified atom stereocenters. The van der Waals surface area contributed by atoms with Gasteiger partial charge in [-0.2, -0.15) is 0 Å². The number of thiophene rings is 1. The number of likely N-dealkylation sites (N-methyl/N-ethyl adjacent to an activating group) is 1. The molecule has 1 atom stereocenters. The molecule has 1 fully saturated rings. The maximum absolute atomic E-state index is 5.87. The van der Waals surface area contributed by atoms with Crippen molar-refractivity contribution in [1.82, 2.24) is 5.32 Å². The van der Waals surface area contributed by atoms with E-state index in [9.17, 15) is 0 Å². The smallest absolute Gasteiger partial charge is 0.0834 e. The Morgan fingerprint density at radius 1 is 1.53 bits per heavy atom. The van der Waals surface area contributed by atoms with Crippen LogP contribution in [-0.4, -0.2) is 25.8 Å². The fourth-order valence-electron chi connectivity index (χ4n) is 2.88. The first kappa shape index (κ1) is 13.5. The second-order valence-corrected chi connectivity index (χ2v) is 6.57. The molecular formula is C13H20BrNOS. The topological polar surface area (TPSA) is 21.3 Å². The lowest BCUT2D eigenvalue weighted by Gasteiger charge is -2.36. The minimum atomic E-state index is 0.0399. The molecule has 1 aliphatic carbocycles. The molecule has 1 heterocycles. The van der Waals surface area contributed by atoms with Gasteiger partial charge in [0.2, 0.25) is 0 Å². The minimum absolute atomic E-state index is 0.0399. The van der Waals surface area contributed by atoms with E-state index in [0.29, 0.717) is 6.04 Å². The Kier molecular flexibility index (Phi) is 4.64.